The van der Waals surface area contributed by atoms with E-state index in [4.69, 9.17) is 5.73 Å². The van der Waals surface area contributed by atoms with E-state index < -0.39 is 5.54 Å². The van der Waals surface area contributed by atoms with Crippen LogP contribution in [0.3, 0.4) is 0 Å². The number of rotatable bonds is 3. The van der Waals surface area contributed by atoms with Crippen LogP contribution in [0, 0.1) is 0 Å². The van der Waals surface area contributed by atoms with Crippen molar-refractivity contribution in [3.63, 3.8) is 0 Å². The highest BCUT2D eigenvalue weighted by molar-refractivity contribution is 5.98. The van der Waals surface area contributed by atoms with Gasteiger partial charge in [0.1, 0.15) is 12.7 Å². The molecule has 20 heavy (non-hydrogen) atoms. The molecule has 0 radical (unpaired) electrons. The van der Waals surface area contributed by atoms with Crippen LogP contribution in [0.5, 0.6) is 0 Å². The van der Waals surface area contributed by atoms with Gasteiger partial charge in [0.25, 0.3) is 0 Å². The van der Waals surface area contributed by atoms with Crippen LogP contribution in [-0.4, -0.2) is 26.2 Å². The SMILES string of the molecule is NC1(C(=O)Nc2ccc(-n3cncn3)cc2)CCCC1. The highest BCUT2D eigenvalue weighted by atomic mass is 16.2. The third-order valence-corrected chi connectivity index (χ3v) is 3.76. The number of nitrogens with zero attached hydrogens (tertiary/aromatic N) is 3. The second-order valence-electron chi connectivity index (χ2n) is 5.20. The zero-order chi connectivity index (χ0) is 14.0. The molecule has 1 saturated carbocycles. The second-order valence-corrected chi connectivity index (χ2v) is 5.20. The molecule has 104 valence electrons. The fourth-order valence-electron chi connectivity index (χ4n) is 2.53. The molecule has 1 heterocycles. The Hall–Kier alpha value is -2.21. The molecule has 6 nitrogen and oxygen atoms in total. The van der Waals surface area contributed by atoms with Gasteiger partial charge in [-0.1, -0.05) is 12.8 Å². The molecule has 2 aromatic rings. The number of anilines is 1. The lowest BCUT2D eigenvalue weighted by Crippen LogP contribution is -2.48. The summed E-state index contributed by atoms with van der Waals surface area (Å²) in [5, 5.41) is 6.94. The third kappa shape index (κ3) is 2.42. The van der Waals surface area contributed by atoms with E-state index in [9.17, 15) is 4.79 Å². The largest absolute Gasteiger partial charge is 0.324 e. The zero-order valence-electron chi connectivity index (χ0n) is 11.1. The van der Waals surface area contributed by atoms with E-state index in [1.54, 1.807) is 11.0 Å². The first-order chi connectivity index (χ1) is 9.67. The molecule has 0 atom stereocenters. The molecule has 1 aliphatic rings. The summed E-state index contributed by atoms with van der Waals surface area (Å²) in [5.41, 5.74) is 7.06. The molecular weight excluding hydrogens is 254 g/mol. The summed E-state index contributed by atoms with van der Waals surface area (Å²) in [6, 6.07) is 7.44. The molecular formula is C14H17N5O. The monoisotopic (exact) mass is 271 g/mol. The molecule has 1 aromatic carbocycles. The molecule has 1 fully saturated rings. The van der Waals surface area contributed by atoms with Gasteiger partial charge in [0.2, 0.25) is 5.91 Å². The van der Waals surface area contributed by atoms with Crippen LogP contribution in [0.15, 0.2) is 36.9 Å². The molecule has 6 heteroatoms. The summed E-state index contributed by atoms with van der Waals surface area (Å²) in [6.45, 7) is 0. The smallest absolute Gasteiger partial charge is 0.244 e. The van der Waals surface area contributed by atoms with Gasteiger partial charge in [-0.15, -0.1) is 0 Å². The number of nitrogens with two attached hydrogens (primary N) is 1. The summed E-state index contributed by atoms with van der Waals surface area (Å²) in [7, 11) is 0. The Labute approximate surface area is 117 Å². The van der Waals surface area contributed by atoms with Crippen molar-refractivity contribution in [2.45, 2.75) is 31.2 Å². The van der Waals surface area contributed by atoms with Gasteiger partial charge < -0.3 is 11.1 Å². The van der Waals surface area contributed by atoms with E-state index in [-0.39, 0.29) is 5.91 Å². The summed E-state index contributed by atoms with van der Waals surface area (Å²) in [4.78, 5) is 16.1. The Kier molecular flexibility index (Phi) is 3.23. The van der Waals surface area contributed by atoms with Crippen molar-refractivity contribution in [3.8, 4) is 5.69 Å². The van der Waals surface area contributed by atoms with E-state index in [2.05, 4.69) is 15.4 Å². The summed E-state index contributed by atoms with van der Waals surface area (Å²) in [6.07, 6.45) is 6.67. The Morgan fingerprint density at radius 3 is 2.55 bits per heavy atom. The van der Waals surface area contributed by atoms with Gasteiger partial charge >= 0.3 is 0 Å². The molecule has 0 bridgehead atoms. The van der Waals surface area contributed by atoms with Crippen LogP contribution in [0.25, 0.3) is 5.69 Å². The van der Waals surface area contributed by atoms with E-state index >= 15 is 0 Å². The van der Waals surface area contributed by atoms with Gasteiger partial charge in [0.15, 0.2) is 0 Å². The first-order valence-corrected chi connectivity index (χ1v) is 6.73. The van der Waals surface area contributed by atoms with Crippen LogP contribution in [-0.2, 0) is 4.79 Å². The van der Waals surface area contributed by atoms with Gasteiger partial charge in [-0.05, 0) is 37.1 Å². The van der Waals surface area contributed by atoms with Crippen molar-refractivity contribution >= 4 is 11.6 Å². The number of carbonyl (C=O) groups excluding carboxylic acids is 1. The Bertz CT molecular complexity index is 585. The van der Waals surface area contributed by atoms with Crippen LogP contribution in [0.1, 0.15) is 25.7 Å². The number of amides is 1. The number of hydrogen-bond acceptors (Lipinski definition) is 4. The molecule has 0 aliphatic heterocycles. The Morgan fingerprint density at radius 1 is 1.25 bits per heavy atom. The van der Waals surface area contributed by atoms with Gasteiger partial charge in [0, 0.05) is 5.69 Å². The average molecular weight is 271 g/mol. The molecule has 0 saturated heterocycles. The standard InChI is InChI=1S/C14H17N5O/c15-14(7-1-2-8-14)13(20)18-11-3-5-12(6-4-11)19-10-16-9-17-19/h3-6,9-10H,1-2,7-8,15H2,(H,18,20). The zero-order valence-corrected chi connectivity index (χ0v) is 11.1. The minimum absolute atomic E-state index is 0.0940. The van der Waals surface area contributed by atoms with E-state index in [1.165, 1.54) is 6.33 Å². The maximum atomic E-state index is 12.2. The van der Waals surface area contributed by atoms with Crippen LogP contribution in [0.2, 0.25) is 0 Å². The first kappa shape index (κ1) is 12.8. The predicted molar refractivity (Wildman–Crippen MR) is 75.4 cm³/mol. The topological polar surface area (TPSA) is 85.8 Å². The van der Waals surface area contributed by atoms with Crippen molar-refractivity contribution < 1.29 is 4.79 Å². The highest BCUT2D eigenvalue weighted by Gasteiger charge is 2.36. The summed E-state index contributed by atoms with van der Waals surface area (Å²) < 4.78 is 1.66. The molecule has 1 amide bonds. The van der Waals surface area contributed by atoms with Crippen molar-refractivity contribution in [1.82, 2.24) is 14.8 Å². The average Bonchev–Trinajstić information content (AvgIpc) is 3.11. The van der Waals surface area contributed by atoms with Crippen molar-refractivity contribution in [1.29, 1.82) is 0 Å². The number of carbonyl (C=O) groups is 1. The van der Waals surface area contributed by atoms with Crippen molar-refractivity contribution in [3.05, 3.63) is 36.9 Å². The van der Waals surface area contributed by atoms with Gasteiger partial charge in [-0.2, -0.15) is 5.10 Å². The molecule has 0 unspecified atom stereocenters. The maximum absolute atomic E-state index is 12.2. The number of benzene rings is 1. The first-order valence-electron chi connectivity index (χ1n) is 6.73. The maximum Gasteiger partial charge on any atom is 0.244 e. The van der Waals surface area contributed by atoms with Crippen molar-refractivity contribution in [2.24, 2.45) is 5.73 Å². The van der Waals surface area contributed by atoms with Gasteiger partial charge in [-0.25, -0.2) is 9.67 Å². The minimum atomic E-state index is -0.704. The second kappa shape index (κ2) is 5.05. The van der Waals surface area contributed by atoms with Gasteiger partial charge in [-0.3, -0.25) is 4.79 Å². The number of nitrogens with one attached hydrogen (secondary N) is 1. The van der Waals surface area contributed by atoms with E-state index in [0.29, 0.717) is 0 Å². The Balaban J connectivity index is 1.71. The van der Waals surface area contributed by atoms with Crippen LogP contribution in [0.4, 0.5) is 5.69 Å². The highest BCUT2D eigenvalue weighted by Crippen LogP contribution is 2.28. The minimum Gasteiger partial charge on any atom is -0.324 e. The molecule has 1 aliphatic carbocycles. The molecule has 1 aromatic heterocycles. The lowest BCUT2D eigenvalue weighted by atomic mass is 9.98. The van der Waals surface area contributed by atoms with Crippen molar-refractivity contribution in [2.75, 3.05) is 5.32 Å². The Morgan fingerprint density at radius 2 is 1.95 bits per heavy atom. The fraction of sp³-hybridized carbons (Fsp3) is 0.357. The summed E-state index contributed by atoms with van der Waals surface area (Å²) >= 11 is 0. The van der Waals surface area contributed by atoms with Gasteiger partial charge in [0.05, 0.1) is 11.2 Å². The van der Waals surface area contributed by atoms with Crippen LogP contribution < -0.4 is 11.1 Å². The van der Waals surface area contributed by atoms with E-state index in [0.717, 1.165) is 37.1 Å². The predicted octanol–water partition coefficient (Wildman–Crippen LogP) is 1.48. The van der Waals surface area contributed by atoms with Crippen LogP contribution >= 0.6 is 0 Å². The number of hydrogen-bond donors (Lipinski definition) is 2. The lowest BCUT2D eigenvalue weighted by molar-refractivity contribution is -0.121. The molecule has 3 rings (SSSR count). The summed E-state index contributed by atoms with van der Waals surface area (Å²) in [5.74, 6) is -0.0940. The molecule has 0 spiro atoms. The number of aromatic nitrogens is 3. The normalized spacial score (nSPS) is 17.1. The quantitative estimate of drug-likeness (QED) is 0.885. The van der Waals surface area contributed by atoms with E-state index in [1.807, 2.05) is 24.3 Å². The fourth-order valence-corrected chi connectivity index (χ4v) is 2.53. The third-order valence-electron chi connectivity index (χ3n) is 3.76. The lowest BCUT2D eigenvalue weighted by Gasteiger charge is -2.22. The molecule has 3 N–H and O–H groups in total.